The molecule has 1 N–H and O–H groups in total. The predicted octanol–water partition coefficient (Wildman–Crippen LogP) is 3.79. The fourth-order valence-corrected chi connectivity index (χ4v) is 3.55. The maximum atomic E-state index is 10.7. The Morgan fingerprint density at radius 2 is 2.35 bits per heavy atom. The molecule has 94 valence electrons. The van der Waals surface area contributed by atoms with Gasteiger partial charge in [0.15, 0.2) is 0 Å². The molecule has 1 fully saturated rings. The third kappa shape index (κ3) is 2.05. The van der Waals surface area contributed by atoms with Gasteiger partial charge in [0.25, 0.3) is 0 Å². The molecule has 0 aromatic rings. The van der Waals surface area contributed by atoms with E-state index in [1.165, 1.54) is 12.8 Å². The van der Waals surface area contributed by atoms with Crippen molar-refractivity contribution in [2.75, 3.05) is 0 Å². The van der Waals surface area contributed by atoms with E-state index in [1.54, 1.807) is 12.5 Å². The van der Waals surface area contributed by atoms with Crippen LogP contribution >= 0.6 is 0 Å². The van der Waals surface area contributed by atoms with Gasteiger partial charge in [0.2, 0.25) is 0 Å². The van der Waals surface area contributed by atoms with Gasteiger partial charge in [-0.3, -0.25) is 0 Å². The molecule has 3 atom stereocenters. The van der Waals surface area contributed by atoms with E-state index in [2.05, 4.69) is 19.9 Å². The van der Waals surface area contributed by atoms with Crippen LogP contribution in [0.5, 0.6) is 0 Å². The third-order valence-electron chi connectivity index (χ3n) is 4.99. The van der Waals surface area contributed by atoms with Crippen LogP contribution in [-0.4, -0.2) is 11.1 Å². The first-order chi connectivity index (χ1) is 7.95. The minimum Gasteiger partial charge on any atom is -0.478 e. The van der Waals surface area contributed by atoms with E-state index in [1.807, 2.05) is 6.08 Å². The minimum absolute atomic E-state index is 0.425. The smallest absolute Gasteiger partial charge is 0.330 e. The fraction of sp³-hybridized carbons (Fsp3) is 0.667. The number of allylic oxidation sites excluding steroid dienone is 3. The number of hydrogen-bond acceptors (Lipinski definition) is 1. The van der Waals surface area contributed by atoms with Gasteiger partial charge in [-0.25, -0.2) is 4.79 Å². The molecule has 3 aliphatic carbocycles. The van der Waals surface area contributed by atoms with Crippen molar-refractivity contribution in [3.63, 3.8) is 0 Å². The Kier molecular flexibility index (Phi) is 3.15. The summed E-state index contributed by atoms with van der Waals surface area (Å²) in [6.45, 7) is 6.31. The van der Waals surface area contributed by atoms with Crippen molar-refractivity contribution in [3.05, 3.63) is 23.3 Å². The van der Waals surface area contributed by atoms with Crippen LogP contribution in [0, 0.1) is 17.3 Å². The highest BCUT2D eigenvalue weighted by Crippen LogP contribution is 2.61. The number of carboxylic acids is 1. The maximum Gasteiger partial charge on any atom is 0.330 e. The van der Waals surface area contributed by atoms with E-state index in [0.717, 1.165) is 24.7 Å². The molecule has 3 unspecified atom stereocenters. The van der Waals surface area contributed by atoms with Gasteiger partial charge < -0.3 is 5.11 Å². The topological polar surface area (TPSA) is 37.3 Å². The second-order valence-electron chi connectivity index (χ2n) is 5.91. The van der Waals surface area contributed by atoms with Crippen LogP contribution < -0.4 is 0 Å². The lowest BCUT2D eigenvalue weighted by Crippen LogP contribution is -2.49. The molecule has 2 nitrogen and oxygen atoms in total. The van der Waals surface area contributed by atoms with Gasteiger partial charge in [0.05, 0.1) is 0 Å². The van der Waals surface area contributed by atoms with Crippen molar-refractivity contribution in [1.82, 2.24) is 0 Å². The molecular formula is C15H22O2. The monoisotopic (exact) mass is 234 g/mol. The van der Waals surface area contributed by atoms with Crippen molar-refractivity contribution in [3.8, 4) is 0 Å². The fourth-order valence-electron chi connectivity index (χ4n) is 3.55. The summed E-state index contributed by atoms with van der Waals surface area (Å²) in [4.78, 5) is 10.7. The average Bonchev–Trinajstić information content (AvgIpc) is 2.27. The molecule has 0 amide bonds. The summed E-state index contributed by atoms with van der Waals surface area (Å²) in [6.07, 6.45) is 8.85. The number of carboxylic acid groups (broad SMARTS) is 1. The van der Waals surface area contributed by atoms with E-state index < -0.39 is 5.97 Å². The molecule has 2 bridgehead atoms. The second-order valence-corrected chi connectivity index (χ2v) is 5.91. The van der Waals surface area contributed by atoms with E-state index in [0.29, 0.717) is 11.0 Å². The van der Waals surface area contributed by atoms with Crippen molar-refractivity contribution < 1.29 is 9.90 Å². The number of carbonyl (C=O) groups is 1. The zero-order valence-corrected chi connectivity index (χ0v) is 11.0. The van der Waals surface area contributed by atoms with Crippen LogP contribution in [-0.2, 0) is 4.79 Å². The Hall–Kier alpha value is -1.05. The first kappa shape index (κ1) is 12.4. The number of hydrogen-bond donors (Lipinski definition) is 1. The first-order valence-electron chi connectivity index (χ1n) is 6.52. The van der Waals surface area contributed by atoms with Crippen molar-refractivity contribution in [2.24, 2.45) is 17.3 Å². The molecular weight excluding hydrogens is 212 g/mol. The molecule has 0 aromatic carbocycles. The molecule has 0 aliphatic heterocycles. The second kappa shape index (κ2) is 4.32. The van der Waals surface area contributed by atoms with E-state index >= 15 is 0 Å². The van der Waals surface area contributed by atoms with Gasteiger partial charge in [-0.05, 0) is 56.8 Å². The molecule has 3 aliphatic rings. The van der Waals surface area contributed by atoms with E-state index in [4.69, 9.17) is 5.11 Å². The Balaban J connectivity index is 1.95. The van der Waals surface area contributed by atoms with Crippen molar-refractivity contribution in [1.29, 1.82) is 0 Å². The van der Waals surface area contributed by atoms with Crippen LogP contribution in [0.2, 0.25) is 0 Å². The van der Waals surface area contributed by atoms with Crippen LogP contribution in [0.4, 0.5) is 0 Å². The molecule has 0 aromatic heterocycles. The van der Waals surface area contributed by atoms with E-state index in [9.17, 15) is 4.79 Å². The van der Waals surface area contributed by atoms with Crippen LogP contribution in [0.15, 0.2) is 23.3 Å². The number of rotatable bonds is 4. The highest BCUT2D eigenvalue weighted by Gasteiger charge is 2.52. The summed E-state index contributed by atoms with van der Waals surface area (Å²) in [6, 6.07) is 0. The zero-order chi connectivity index (χ0) is 12.6. The zero-order valence-electron chi connectivity index (χ0n) is 11.0. The summed E-state index contributed by atoms with van der Waals surface area (Å²) in [5, 5.41) is 8.81. The van der Waals surface area contributed by atoms with E-state index in [-0.39, 0.29) is 0 Å². The molecule has 0 saturated heterocycles. The summed E-state index contributed by atoms with van der Waals surface area (Å²) >= 11 is 0. The summed E-state index contributed by atoms with van der Waals surface area (Å²) in [7, 11) is 0. The molecule has 0 spiro atoms. The lowest BCUT2D eigenvalue weighted by Gasteiger charge is -2.58. The van der Waals surface area contributed by atoms with Gasteiger partial charge in [-0.1, -0.05) is 24.6 Å². The van der Waals surface area contributed by atoms with Crippen LogP contribution in [0.25, 0.3) is 0 Å². The molecule has 2 heteroatoms. The summed E-state index contributed by atoms with van der Waals surface area (Å²) < 4.78 is 0. The molecule has 17 heavy (non-hydrogen) atoms. The molecule has 0 heterocycles. The quantitative estimate of drug-likeness (QED) is 0.593. The third-order valence-corrected chi connectivity index (χ3v) is 4.99. The minimum atomic E-state index is -0.792. The van der Waals surface area contributed by atoms with Crippen molar-refractivity contribution in [2.45, 2.75) is 46.5 Å². The number of fused-ring (bicyclic) bond motifs is 1. The Morgan fingerprint density at radius 3 is 2.88 bits per heavy atom. The maximum absolute atomic E-state index is 10.7. The number of aliphatic carboxylic acids is 1. The standard InChI is InChI=1S/C15H22O2/c1-10-6-7-12-9-13(10)15(12,3)8-4-5-11(2)14(16)17/h5-6,12-13H,4,7-9H2,1-3H3,(H,16,17)/b11-5+. The van der Waals surface area contributed by atoms with Gasteiger partial charge >= 0.3 is 5.97 Å². The molecule has 0 radical (unpaired) electrons. The first-order valence-corrected chi connectivity index (χ1v) is 6.52. The average molecular weight is 234 g/mol. The van der Waals surface area contributed by atoms with Crippen molar-refractivity contribution >= 4 is 5.97 Å². The van der Waals surface area contributed by atoms with Gasteiger partial charge in [-0.15, -0.1) is 0 Å². The molecule has 1 saturated carbocycles. The summed E-state index contributed by atoms with van der Waals surface area (Å²) in [5.74, 6) is 0.787. The van der Waals surface area contributed by atoms with Crippen LogP contribution in [0.1, 0.15) is 46.5 Å². The van der Waals surface area contributed by atoms with Gasteiger partial charge in [0, 0.05) is 5.57 Å². The van der Waals surface area contributed by atoms with Gasteiger partial charge in [0.1, 0.15) is 0 Å². The highest BCUT2D eigenvalue weighted by atomic mass is 16.4. The van der Waals surface area contributed by atoms with Crippen LogP contribution in [0.3, 0.4) is 0 Å². The Bertz CT molecular complexity index is 392. The normalized spacial score (nSPS) is 36.2. The predicted molar refractivity (Wildman–Crippen MR) is 68.7 cm³/mol. The lowest BCUT2D eigenvalue weighted by atomic mass is 9.47. The Morgan fingerprint density at radius 1 is 1.65 bits per heavy atom. The summed E-state index contributed by atoms with van der Waals surface area (Å²) in [5.41, 5.74) is 2.45. The molecule has 3 rings (SSSR count). The SMILES string of the molecule is CC1=CCC2CC1C2(C)CC/C=C(\C)C(=O)O. The Labute approximate surface area is 103 Å². The highest BCUT2D eigenvalue weighted by molar-refractivity contribution is 5.85. The van der Waals surface area contributed by atoms with Gasteiger partial charge in [-0.2, -0.15) is 0 Å². The largest absolute Gasteiger partial charge is 0.478 e. The lowest BCUT2D eigenvalue weighted by molar-refractivity contribution is -0.132.